The molecule has 0 spiro atoms. The number of rotatable bonds is 12. The second-order valence-corrected chi connectivity index (χ2v) is 6.46. The van der Waals surface area contributed by atoms with Gasteiger partial charge < -0.3 is 18.9 Å². The Labute approximate surface area is 171 Å². The fourth-order valence-corrected chi connectivity index (χ4v) is 2.70. The Hall–Kier alpha value is -2.70. The van der Waals surface area contributed by atoms with Crippen molar-refractivity contribution in [1.29, 1.82) is 0 Å². The molecule has 0 aliphatic rings. The van der Waals surface area contributed by atoms with Crippen LogP contribution < -0.4 is 4.74 Å². The number of benzene rings is 2. The van der Waals surface area contributed by atoms with Gasteiger partial charge in [0.25, 0.3) is 0 Å². The molecule has 0 aromatic heterocycles. The van der Waals surface area contributed by atoms with Crippen molar-refractivity contribution < 1.29 is 28.1 Å². The van der Waals surface area contributed by atoms with Crippen LogP contribution in [0.5, 0.6) is 5.75 Å². The van der Waals surface area contributed by atoms with Crippen LogP contribution in [0.2, 0.25) is 0 Å². The number of hydrogen-bond donors (Lipinski definition) is 0. The van der Waals surface area contributed by atoms with Crippen molar-refractivity contribution in [2.24, 2.45) is 0 Å². The predicted molar refractivity (Wildman–Crippen MR) is 110 cm³/mol. The summed E-state index contributed by atoms with van der Waals surface area (Å²) in [6.45, 7) is 4.42. The number of aryl methyl sites for hydroxylation is 1. The summed E-state index contributed by atoms with van der Waals surface area (Å²) in [5.41, 5.74) is 3.12. The van der Waals surface area contributed by atoms with Gasteiger partial charge in [-0.3, -0.25) is 0 Å². The molecule has 5 nitrogen and oxygen atoms in total. The molecule has 0 bridgehead atoms. The highest BCUT2D eigenvalue weighted by Crippen LogP contribution is 2.26. The Morgan fingerprint density at radius 3 is 2.34 bits per heavy atom. The minimum absolute atomic E-state index is 0.00665. The summed E-state index contributed by atoms with van der Waals surface area (Å²) < 4.78 is 34.6. The zero-order chi connectivity index (χ0) is 21.1. The lowest BCUT2D eigenvalue weighted by molar-refractivity contribution is -0.140. The summed E-state index contributed by atoms with van der Waals surface area (Å²) >= 11 is 0. The first kappa shape index (κ1) is 22.6. The maximum atomic E-state index is 14.4. The molecule has 6 heteroatoms. The summed E-state index contributed by atoms with van der Waals surface area (Å²) in [7, 11) is 3.16. The third kappa shape index (κ3) is 7.33. The summed E-state index contributed by atoms with van der Waals surface area (Å²) in [6.07, 6.45) is 1.91. The minimum Gasteiger partial charge on any atom is -0.487 e. The van der Waals surface area contributed by atoms with Gasteiger partial charge in [-0.05, 0) is 41.7 Å². The molecule has 0 unspecified atom stereocenters. The van der Waals surface area contributed by atoms with E-state index in [4.69, 9.17) is 18.9 Å². The number of methoxy groups -OCH3 is 2. The smallest absolute Gasteiger partial charge is 0.335 e. The predicted octanol–water partition coefficient (Wildman–Crippen LogP) is 4.20. The topological polar surface area (TPSA) is 54.0 Å². The lowest BCUT2D eigenvalue weighted by Gasteiger charge is -2.10. The van der Waals surface area contributed by atoms with E-state index in [1.165, 1.54) is 18.7 Å². The van der Waals surface area contributed by atoms with Gasteiger partial charge in [0.2, 0.25) is 0 Å². The van der Waals surface area contributed by atoms with E-state index in [0.29, 0.717) is 0 Å². The maximum Gasteiger partial charge on any atom is 0.335 e. The molecule has 0 aliphatic carbocycles. The molecule has 156 valence electrons. The first-order chi connectivity index (χ1) is 14.0. The average molecular weight is 402 g/mol. The van der Waals surface area contributed by atoms with Crippen LogP contribution in [0.3, 0.4) is 0 Å². The van der Waals surface area contributed by atoms with Crippen LogP contribution >= 0.6 is 0 Å². The molecule has 0 saturated carbocycles. The molecule has 2 aromatic rings. The van der Waals surface area contributed by atoms with Crippen LogP contribution in [-0.2, 0) is 25.4 Å². The van der Waals surface area contributed by atoms with E-state index in [2.05, 4.69) is 6.58 Å². The van der Waals surface area contributed by atoms with Crippen LogP contribution in [0.1, 0.15) is 12.0 Å². The van der Waals surface area contributed by atoms with Crippen molar-refractivity contribution in [2.75, 3.05) is 40.6 Å². The molecule has 0 atom stereocenters. The first-order valence-corrected chi connectivity index (χ1v) is 9.39. The van der Waals surface area contributed by atoms with Crippen molar-refractivity contribution in [3.63, 3.8) is 0 Å². The molecule has 0 heterocycles. The maximum absolute atomic E-state index is 14.4. The quantitative estimate of drug-likeness (QED) is 0.303. The van der Waals surface area contributed by atoms with Crippen molar-refractivity contribution in [3.05, 3.63) is 66.0 Å². The lowest BCUT2D eigenvalue weighted by Crippen LogP contribution is -2.15. The van der Waals surface area contributed by atoms with Crippen molar-refractivity contribution in [1.82, 2.24) is 0 Å². The zero-order valence-corrected chi connectivity index (χ0v) is 16.9. The highest BCUT2D eigenvalue weighted by atomic mass is 19.1. The summed E-state index contributed by atoms with van der Waals surface area (Å²) in [5.74, 6) is -0.921. The van der Waals surface area contributed by atoms with E-state index in [1.807, 2.05) is 24.3 Å². The van der Waals surface area contributed by atoms with E-state index < -0.39 is 11.8 Å². The van der Waals surface area contributed by atoms with Gasteiger partial charge >= 0.3 is 5.97 Å². The van der Waals surface area contributed by atoms with E-state index in [1.54, 1.807) is 19.2 Å². The SMILES string of the molecule is C=C(COC)C(=O)OCCOc1ccc(-c2ccc(CCCOC)cc2)cc1F. The number of ether oxygens (including phenoxy) is 4. The Bertz CT molecular complexity index is 801. The van der Waals surface area contributed by atoms with Gasteiger partial charge in [-0.1, -0.05) is 36.9 Å². The second kappa shape index (κ2) is 12.0. The minimum atomic E-state index is -0.558. The van der Waals surface area contributed by atoms with Crippen LogP contribution in [0, 0.1) is 5.82 Å². The van der Waals surface area contributed by atoms with Gasteiger partial charge in [0, 0.05) is 20.8 Å². The number of carbonyl (C=O) groups is 1. The molecule has 0 radical (unpaired) electrons. The van der Waals surface area contributed by atoms with Crippen molar-refractivity contribution >= 4 is 5.97 Å². The second-order valence-electron chi connectivity index (χ2n) is 6.46. The molecule has 0 N–H and O–H groups in total. The van der Waals surface area contributed by atoms with Gasteiger partial charge in [-0.25, -0.2) is 9.18 Å². The Kier molecular flexibility index (Phi) is 9.34. The van der Waals surface area contributed by atoms with Crippen LogP contribution in [0.15, 0.2) is 54.6 Å². The van der Waals surface area contributed by atoms with E-state index in [9.17, 15) is 9.18 Å². The summed E-state index contributed by atoms with van der Waals surface area (Å²) in [5, 5.41) is 0. The lowest BCUT2D eigenvalue weighted by atomic mass is 10.0. The van der Waals surface area contributed by atoms with Gasteiger partial charge in [0.15, 0.2) is 11.6 Å². The Morgan fingerprint density at radius 2 is 1.69 bits per heavy atom. The molecule has 2 rings (SSSR count). The standard InChI is InChI=1S/C23H27FO5/c1-17(16-27-3)23(25)29-14-13-28-22-11-10-20(15-21(22)24)19-8-6-18(7-9-19)5-4-12-26-2/h6-11,15H,1,4-5,12-14,16H2,2-3H3. The van der Waals surface area contributed by atoms with E-state index >= 15 is 0 Å². The van der Waals surface area contributed by atoms with Crippen molar-refractivity contribution in [3.8, 4) is 16.9 Å². The van der Waals surface area contributed by atoms with Gasteiger partial charge in [0.05, 0.1) is 12.2 Å². The molecule has 0 fully saturated rings. The fourth-order valence-electron chi connectivity index (χ4n) is 2.70. The zero-order valence-electron chi connectivity index (χ0n) is 16.9. The van der Waals surface area contributed by atoms with Gasteiger partial charge in [-0.15, -0.1) is 0 Å². The van der Waals surface area contributed by atoms with Crippen molar-refractivity contribution in [2.45, 2.75) is 12.8 Å². The fraction of sp³-hybridized carbons (Fsp3) is 0.348. The highest BCUT2D eigenvalue weighted by Gasteiger charge is 2.10. The summed E-state index contributed by atoms with van der Waals surface area (Å²) in [4.78, 5) is 11.6. The van der Waals surface area contributed by atoms with Gasteiger partial charge in [0.1, 0.15) is 13.2 Å². The molecule has 0 saturated heterocycles. The first-order valence-electron chi connectivity index (χ1n) is 9.39. The van der Waals surface area contributed by atoms with E-state index in [0.717, 1.165) is 30.6 Å². The third-order valence-corrected chi connectivity index (χ3v) is 4.21. The number of esters is 1. The van der Waals surface area contributed by atoms with E-state index in [-0.39, 0.29) is 31.1 Å². The normalized spacial score (nSPS) is 10.6. The molecule has 2 aromatic carbocycles. The molecule has 0 aliphatic heterocycles. The van der Waals surface area contributed by atoms with Crippen LogP contribution in [-0.4, -0.2) is 46.6 Å². The monoisotopic (exact) mass is 402 g/mol. The average Bonchev–Trinajstić information content (AvgIpc) is 2.73. The third-order valence-electron chi connectivity index (χ3n) is 4.21. The number of hydrogen-bond acceptors (Lipinski definition) is 5. The van der Waals surface area contributed by atoms with Gasteiger partial charge in [-0.2, -0.15) is 0 Å². The molecule has 29 heavy (non-hydrogen) atoms. The molecular weight excluding hydrogens is 375 g/mol. The molecular formula is C23H27FO5. The summed E-state index contributed by atoms with van der Waals surface area (Å²) in [6, 6.07) is 12.8. The molecule has 0 amide bonds. The Morgan fingerprint density at radius 1 is 0.966 bits per heavy atom. The highest BCUT2D eigenvalue weighted by molar-refractivity contribution is 5.87. The number of carbonyl (C=O) groups excluding carboxylic acids is 1. The number of halogens is 1. The van der Waals surface area contributed by atoms with Crippen LogP contribution in [0.25, 0.3) is 11.1 Å². The largest absolute Gasteiger partial charge is 0.487 e. The Balaban J connectivity index is 1.86. The van der Waals surface area contributed by atoms with Crippen LogP contribution in [0.4, 0.5) is 4.39 Å².